The molecule has 8 heteroatoms. The van der Waals surface area contributed by atoms with Crippen LogP contribution < -0.4 is 5.32 Å². The molecule has 1 N–H and O–H groups in total. The number of piperazine rings is 1. The maximum Gasteiger partial charge on any atom is 0.224 e. The highest BCUT2D eigenvalue weighted by atomic mass is 32.2. The molecule has 2 rings (SSSR count). The zero-order chi connectivity index (χ0) is 19.9. The average Bonchev–Trinajstić information content (AvgIpc) is 2.67. The molecule has 27 heavy (non-hydrogen) atoms. The van der Waals surface area contributed by atoms with E-state index in [9.17, 15) is 18.0 Å². The first-order valence-corrected chi connectivity index (χ1v) is 11.0. The monoisotopic (exact) mass is 395 g/mol. The van der Waals surface area contributed by atoms with E-state index in [4.69, 9.17) is 0 Å². The predicted octanol–water partition coefficient (Wildman–Crippen LogP) is 0.829. The van der Waals surface area contributed by atoms with E-state index in [2.05, 4.69) is 17.1 Å². The molecular formula is C19H29N3O4S. The SMILES string of the molecule is CCN1CCN(C(=O)CCNC(=O)CCS(=O)(=O)c2ccc(C)cc2)CC1. The molecule has 0 aromatic heterocycles. The van der Waals surface area contributed by atoms with E-state index in [0.29, 0.717) is 0 Å². The van der Waals surface area contributed by atoms with Gasteiger partial charge in [-0.05, 0) is 25.6 Å². The van der Waals surface area contributed by atoms with Gasteiger partial charge in [0.05, 0.1) is 10.6 Å². The standard InChI is InChI=1S/C19H29N3O4S/c1-3-21-11-13-22(14-12-21)19(24)8-10-20-18(23)9-15-27(25,26)17-6-4-16(2)5-7-17/h4-7H,3,8-15H2,1-2H3,(H,20,23). The van der Waals surface area contributed by atoms with Crippen LogP contribution in [0.4, 0.5) is 0 Å². The van der Waals surface area contributed by atoms with Crippen LogP contribution >= 0.6 is 0 Å². The van der Waals surface area contributed by atoms with Gasteiger partial charge >= 0.3 is 0 Å². The van der Waals surface area contributed by atoms with E-state index in [1.165, 1.54) is 0 Å². The molecule has 1 aromatic rings. The Balaban J connectivity index is 1.69. The van der Waals surface area contributed by atoms with Crippen molar-refractivity contribution >= 4 is 21.7 Å². The van der Waals surface area contributed by atoms with E-state index in [1.54, 1.807) is 24.3 Å². The molecule has 1 saturated heterocycles. The number of nitrogens with one attached hydrogen (secondary N) is 1. The zero-order valence-corrected chi connectivity index (χ0v) is 16.9. The van der Waals surface area contributed by atoms with Gasteiger partial charge in [-0.15, -0.1) is 0 Å². The third-order valence-corrected chi connectivity index (χ3v) is 6.54. The third kappa shape index (κ3) is 6.62. The molecular weight excluding hydrogens is 366 g/mol. The first kappa shape index (κ1) is 21.4. The van der Waals surface area contributed by atoms with Crippen LogP contribution in [0.2, 0.25) is 0 Å². The Morgan fingerprint density at radius 1 is 1.04 bits per heavy atom. The Labute approximate surface area is 161 Å². The van der Waals surface area contributed by atoms with Crippen molar-refractivity contribution in [1.82, 2.24) is 15.1 Å². The maximum atomic E-state index is 12.2. The van der Waals surface area contributed by atoms with Gasteiger partial charge in [-0.25, -0.2) is 8.42 Å². The second-order valence-electron chi connectivity index (χ2n) is 6.80. The molecule has 7 nitrogen and oxygen atoms in total. The van der Waals surface area contributed by atoms with Crippen LogP contribution in [0.15, 0.2) is 29.2 Å². The highest BCUT2D eigenvalue weighted by Crippen LogP contribution is 2.13. The van der Waals surface area contributed by atoms with E-state index >= 15 is 0 Å². The van der Waals surface area contributed by atoms with Crippen molar-refractivity contribution in [3.8, 4) is 0 Å². The van der Waals surface area contributed by atoms with E-state index < -0.39 is 9.84 Å². The first-order valence-electron chi connectivity index (χ1n) is 9.38. The summed E-state index contributed by atoms with van der Waals surface area (Å²) in [6.45, 7) is 8.41. The summed E-state index contributed by atoms with van der Waals surface area (Å²) in [5.74, 6) is -0.568. The summed E-state index contributed by atoms with van der Waals surface area (Å²) < 4.78 is 24.5. The molecule has 0 spiro atoms. The van der Waals surface area contributed by atoms with Crippen LogP contribution in [-0.4, -0.2) is 75.1 Å². The van der Waals surface area contributed by atoms with Gasteiger partial charge in [0.2, 0.25) is 11.8 Å². The van der Waals surface area contributed by atoms with Gasteiger partial charge in [-0.3, -0.25) is 9.59 Å². The minimum atomic E-state index is -3.48. The fourth-order valence-corrected chi connectivity index (χ4v) is 4.20. The number of carbonyl (C=O) groups is 2. The van der Waals surface area contributed by atoms with Gasteiger partial charge in [0.1, 0.15) is 0 Å². The molecule has 2 amide bonds. The fourth-order valence-electron chi connectivity index (χ4n) is 2.96. The summed E-state index contributed by atoms with van der Waals surface area (Å²) in [5, 5.41) is 2.64. The lowest BCUT2D eigenvalue weighted by atomic mass is 10.2. The minimum Gasteiger partial charge on any atom is -0.356 e. The van der Waals surface area contributed by atoms with Crippen molar-refractivity contribution in [2.45, 2.75) is 31.6 Å². The zero-order valence-electron chi connectivity index (χ0n) is 16.1. The van der Waals surface area contributed by atoms with Crippen molar-refractivity contribution in [1.29, 1.82) is 0 Å². The number of nitrogens with zero attached hydrogens (tertiary/aromatic N) is 2. The van der Waals surface area contributed by atoms with Crippen LogP contribution in [0, 0.1) is 6.92 Å². The summed E-state index contributed by atoms with van der Waals surface area (Å²) in [4.78, 5) is 28.4. The third-order valence-electron chi connectivity index (χ3n) is 4.81. The Hall–Kier alpha value is -1.93. The summed E-state index contributed by atoms with van der Waals surface area (Å²) in [6.07, 6.45) is 0.127. The molecule has 0 saturated carbocycles. The highest BCUT2D eigenvalue weighted by Gasteiger charge is 2.20. The van der Waals surface area contributed by atoms with Crippen molar-refractivity contribution in [3.63, 3.8) is 0 Å². The van der Waals surface area contributed by atoms with Crippen LogP contribution in [0.3, 0.4) is 0 Å². The van der Waals surface area contributed by atoms with Crippen molar-refractivity contribution in [2.75, 3.05) is 45.0 Å². The molecule has 1 aromatic carbocycles. The van der Waals surface area contributed by atoms with E-state index in [-0.39, 0.29) is 41.8 Å². The molecule has 1 aliphatic rings. The topological polar surface area (TPSA) is 86.8 Å². The molecule has 0 unspecified atom stereocenters. The summed E-state index contributed by atoms with van der Waals surface area (Å²) in [7, 11) is -3.48. The number of hydrogen-bond acceptors (Lipinski definition) is 5. The number of likely N-dealkylation sites (N-methyl/N-ethyl adjacent to an activating group) is 1. The second kappa shape index (κ2) is 9.85. The fraction of sp³-hybridized carbons (Fsp3) is 0.579. The smallest absolute Gasteiger partial charge is 0.224 e. The minimum absolute atomic E-state index is 0.0262. The van der Waals surface area contributed by atoms with Crippen LogP contribution in [0.25, 0.3) is 0 Å². The molecule has 0 aliphatic carbocycles. The molecule has 1 aliphatic heterocycles. The Kier molecular flexibility index (Phi) is 7.79. The van der Waals surface area contributed by atoms with Gasteiger partial charge in [0.15, 0.2) is 9.84 Å². The Bertz CT molecular complexity index is 739. The van der Waals surface area contributed by atoms with Crippen LogP contribution in [0.1, 0.15) is 25.3 Å². The lowest BCUT2D eigenvalue weighted by Gasteiger charge is -2.34. The van der Waals surface area contributed by atoms with Gasteiger partial charge in [0.25, 0.3) is 0 Å². The molecule has 0 radical (unpaired) electrons. The Morgan fingerprint density at radius 3 is 2.26 bits per heavy atom. The van der Waals surface area contributed by atoms with Gasteiger partial charge in [-0.2, -0.15) is 0 Å². The lowest BCUT2D eigenvalue weighted by Crippen LogP contribution is -2.49. The van der Waals surface area contributed by atoms with Gasteiger partial charge < -0.3 is 15.1 Å². The number of benzene rings is 1. The number of aryl methyl sites for hydroxylation is 1. The molecule has 0 bridgehead atoms. The molecule has 1 heterocycles. The number of sulfone groups is 1. The number of amides is 2. The lowest BCUT2D eigenvalue weighted by molar-refractivity contribution is -0.132. The normalized spacial score (nSPS) is 15.6. The van der Waals surface area contributed by atoms with E-state index in [0.717, 1.165) is 38.3 Å². The molecule has 150 valence electrons. The number of rotatable bonds is 8. The number of hydrogen-bond donors (Lipinski definition) is 1. The summed E-state index contributed by atoms with van der Waals surface area (Å²) in [5.41, 5.74) is 0.979. The highest BCUT2D eigenvalue weighted by molar-refractivity contribution is 7.91. The average molecular weight is 396 g/mol. The molecule has 0 atom stereocenters. The van der Waals surface area contributed by atoms with Crippen LogP contribution in [0.5, 0.6) is 0 Å². The van der Waals surface area contributed by atoms with Crippen LogP contribution in [-0.2, 0) is 19.4 Å². The van der Waals surface area contributed by atoms with Crippen molar-refractivity contribution < 1.29 is 18.0 Å². The second-order valence-corrected chi connectivity index (χ2v) is 8.91. The van der Waals surface area contributed by atoms with Gasteiger partial charge in [0, 0.05) is 45.6 Å². The quantitative estimate of drug-likeness (QED) is 0.705. The molecule has 1 fully saturated rings. The predicted molar refractivity (Wildman–Crippen MR) is 104 cm³/mol. The largest absolute Gasteiger partial charge is 0.356 e. The number of carbonyl (C=O) groups excluding carboxylic acids is 2. The Morgan fingerprint density at radius 2 is 1.67 bits per heavy atom. The maximum absolute atomic E-state index is 12.2. The van der Waals surface area contributed by atoms with Crippen molar-refractivity contribution in [3.05, 3.63) is 29.8 Å². The summed E-state index contributed by atoms with van der Waals surface area (Å²) in [6, 6.07) is 6.58. The van der Waals surface area contributed by atoms with Crippen molar-refractivity contribution in [2.24, 2.45) is 0 Å². The summed E-state index contributed by atoms with van der Waals surface area (Å²) >= 11 is 0. The van der Waals surface area contributed by atoms with E-state index in [1.807, 2.05) is 11.8 Å². The first-order chi connectivity index (χ1) is 12.8. The van der Waals surface area contributed by atoms with Gasteiger partial charge in [-0.1, -0.05) is 24.6 Å².